The first-order valence-electron chi connectivity index (χ1n) is 3.54. The van der Waals surface area contributed by atoms with Gasteiger partial charge in [-0.3, -0.25) is 0 Å². The van der Waals surface area contributed by atoms with Crippen LogP contribution in [0.4, 0.5) is 4.39 Å². The van der Waals surface area contributed by atoms with E-state index in [9.17, 15) is 12.8 Å². The number of hydrogen-bond donors (Lipinski definition) is 0. The summed E-state index contributed by atoms with van der Waals surface area (Å²) in [6.07, 6.45) is 0. The molecule has 0 aromatic heterocycles. The smallest absolute Gasteiger partial charge is 0.178 e. The quantitative estimate of drug-likeness (QED) is 0.770. The van der Waals surface area contributed by atoms with Crippen molar-refractivity contribution in [2.75, 3.05) is 5.75 Å². The van der Waals surface area contributed by atoms with Gasteiger partial charge in [0.2, 0.25) is 0 Å². The van der Waals surface area contributed by atoms with Crippen LogP contribution in [-0.4, -0.2) is 14.2 Å². The van der Waals surface area contributed by atoms with Gasteiger partial charge in [-0.15, -0.1) is 0 Å². The third-order valence-corrected chi connectivity index (χ3v) is 3.27. The molecule has 0 saturated carbocycles. The predicted molar refractivity (Wildman–Crippen MR) is 44.1 cm³/mol. The van der Waals surface area contributed by atoms with Crippen molar-refractivity contribution in [3.8, 4) is 0 Å². The van der Waals surface area contributed by atoms with E-state index in [0.29, 0.717) is 0 Å². The monoisotopic (exact) mass is 228 g/mol. The number of benzene rings is 1. The Bertz CT molecular complexity index is 375. The van der Waals surface area contributed by atoms with Gasteiger partial charge in [0.05, 0.1) is 10.6 Å². The zero-order valence-corrected chi connectivity index (χ0v) is 8.50. The molecule has 0 aliphatic rings. The Kier molecular flexibility index (Phi) is 5.44. The summed E-state index contributed by atoms with van der Waals surface area (Å²) in [6, 6.07) is 5.02. The number of rotatable bonds is 2. The van der Waals surface area contributed by atoms with Crippen molar-refractivity contribution >= 4 is 9.84 Å². The second-order valence-electron chi connectivity index (χ2n) is 2.36. The Morgan fingerprint density at radius 3 is 2.46 bits per heavy atom. The molecule has 13 heavy (non-hydrogen) atoms. The van der Waals surface area contributed by atoms with E-state index < -0.39 is 15.7 Å². The SMILES string of the molecule is CCS(=O)(=O)c1cccc(F)c1.[Ar]. The van der Waals surface area contributed by atoms with E-state index in [1.165, 1.54) is 25.1 Å². The molecular weight excluding hydrogens is 219 g/mol. The summed E-state index contributed by atoms with van der Waals surface area (Å²) in [5.74, 6) is -0.527. The minimum Gasteiger partial charge on any atom is -0.224 e. The van der Waals surface area contributed by atoms with E-state index in [1.54, 1.807) is 0 Å². The van der Waals surface area contributed by atoms with E-state index in [1.807, 2.05) is 0 Å². The molecule has 0 radical (unpaired) electrons. The molecule has 0 fully saturated rings. The van der Waals surface area contributed by atoms with Gasteiger partial charge < -0.3 is 0 Å². The predicted octanol–water partition coefficient (Wildman–Crippen LogP) is 1.62. The van der Waals surface area contributed by atoms with E-state index in [-0.39, 0.29) is 48.4 Å². The van der Waals surface area contributed by atoms with Crippen LogP contribution in [0.3, 0.4) is 0 Å². The number of halogens is 1. The summed E-state index contributed by atoms with van der Waals surface area (Å²) in [5, 5.41) is 0. The first-order valence-corrected chi connectivity index (χ1v) is 5.20. The molecule has 1 aromatic carbocycles. The summed E-state index contributed by atoms with van der Waals surface area (Å²) < 4.78 is 34.9. The van der Waals surface area contributed by atoms with Crippen LogP contribution in [0.1, 0.15) is 6.92 Å². The second kappa shape index (κ2) is 5.29. The second-order valence-corrected chi connectivity index (χ2v) is 4.64. The van der Waals surface area contributed by atoms with Crippen molar-refractivity contribution in [2.24, 2.45) is 0 Å². The summed E-state index contributed by atoms with van der Waals surface area (Å²) in [7, 11) is -3.26. The van der Waals surface area contributed by atoms with Crippen LogP contribution in [0.5, 0.6) is 0 Å². The minimum absolute atomic E-state index is 0. The van der Waals surface area contributed by atoms with Crippen LogP contribution >= 0.6 is 0 Å². The standard InChI is InChI=1S/C8H9FO2S.Ar/c1-2-12(10,11)8-5-3-4-7(9)6-8;/h3-6H,2H2,1H3;. The normalized spacial score (nSPS) is 10.6. The van der Waals surface area contributed by atoms with Crippen LogP contribution in [0.2, 0.25) is 0 Å². The van der Waals surface area contributed by atoms with Gasteiger partial charge in [0, 0.05) is 37.7 Å². The average molecular weight is 228 g/mol. The van der Waals surface area contributed by atoms with E-state index in [0.717, 1.165) is 6.07 Å². The molecule has 0 atom stereocenters. The third kappa shape index (κ3) is 3.54. The first-order chi connectivity index (χ1) is 5.56. The number of sulfone groups is 1. The van der Waals surface area contributed by atoms with Crippen molar-refractivity contribution in [2.45, 2.75) is 11.8 Å². The maximum atomic E-state index is 12.6. The Labute approximate surface area is 107 Å². The van der Waals surface area contributed by atoms with Gasteiger partial charge in [0.1, 0.15) is 5.82 Å². The molecule has 0 N–H and O–H groups in total. The summed E-state index contributed by atoms with van der Waals surface area (Å²) in [5.41, 5.74) is 0. The first kappa shape index (κ1) is 13.4. The molecule has 0 aliphatic heterocycles. The van der Waals surface area contributed by atoms with Crippen LogP contribution in [0, 0.1) is 43.6 Å². The third-order valence-electron chi connectivity index (χ3n) is 1.54. The molecule has 1 rings (SSSR count). The largest absolute Gasteiger partial charge is 0.224 e. The van der Waals surface area contributed by atoms with Gasteiger partial charge in [0.15, 0.2) is 9.84 Å². The molecule has 0 spiro atoms. The summed E-state index contributed by atoms with van der Waals surface area (Å²) in [6.45, 7) is 1.53. The Hall–Kier alpha value is 0.360. The van der Waals surface area contributed by atoms with Crippen molar-refractivity contribution in [3.63, 3.8) is 0 Å². The van der Waals surface area contributed by atoms with E-state index in [4.69, 9.17) is 0 Å². The minimum atomic E-state index is -3.26. The van der Waals surface area contributed by atoms with Crippen molar-refractivity contribution < 1.29 is 50.5 Å². The maximum absolute atomic E-state index is 12.6. The summed E-state index contributed by atoms with van der Waals surface area (Å²) >= 11 is 0. The van der Waals surface area contributed by atoms with Gasteiger partial charge in [0.25, 0.3) is 0 Å². The van der Waals surface area contributed by atoms with Gasteiger partial charge in [-0.25, -0.2) is 12.8 Å². The van der Waals surface area contributed by atoms with Crippen LogP contribution in [0.25, 0.3) is 0 Å². The molecule has 1 aromatic rings. The fourth-order valence-corrected chi connectivity index (χ4v) is 1.74. The molecule has 0 unspecified atom stereocenters. The zero-order chi connectivity index (χ0) is 9.19. The fourth-order valence-electron chi connectivity index (χ4n) is 0.827. The van der Waals surface area contributed by atoms with Gasteiger partial charge in [-0.2, -0.15) is 0 Å². The van der Waals surface area contributed by atoms with Gasteiger partial charge in [-0.05, 0) is 18.2 Å². The molecule has 0 amide bonds. The van der Waals surface area contributed by atoms with Crippen LogP contribution in [-0.2, 0) is 9.84 Å². The molecule has 0 bridgehead atoms. The molecule has 2 nitrogen and oxygen atoms in total. The van der Waals surface area contributed by atoms with Crippen molar-refractivity contribution in [1.29, 1.82) is 0 Å². The molecule has 0 heterocycles. The van der Waals surface area contributed by atoms with Gasteiger partial charge in [-0.1, -0.05) is 13.0 Å². The molecule has 74 valence electrons. The topological polar surface area (TPSA) is 34.1 Å². The zero-order valence-electron chi connectivity index (χ0n) is 6.97. The molecular formula is C8H9ArFO2S. The fraction of sp³-hybridized carbons (Fsp3) is 0.250. The maximum Gasteiger partial charge on any atom is 0.178 e. The van der Waals surface area contributed by atoms with E-state index in [2.05, 4.69) is 0 Å². The Morgan fingerprint density at radius 2 is 2.00 bits per heavy atom. The Balaban J connectivity index is 0.00000144. The van der Waals surface area contributed by atoms with Crippen LogP contribution in [0.15, 0.2) is 29.2 Å². The average Bonchev–Trinajstić information content (AvgIpc) is 2.05. The summed E-state index contributed by atoms with van der Waals surface area (Å²) in [4.78, 5) is 0.0463. The van der Waals surface area contributed by atoms with Gasteiger partial charge >= 0.3 is 0 Å². The van der Waals surface area contributed by atoms with Crippen molar-refractivity contribution in [3.05, 3.63) is 30.1 Å². The number of hydrogen-bond acceptors (Lipinski definition) is 2. The van der Waals surface area contributed by atoms with Crippen molar-refractivity contribution in [1.82, 2.24) is 0 Å². The molecule has 0 saturated heterocycles. The Morgan fingerprint density at radius 1 is 1.38 bits per heavy atom. The molecule has 0 aliphatic carbocycles. The van der Waals surface area contributed by atoms with Crippen LogP contribution < -0.4 is 0 Å². The molecule has 5 heteroatoms. The van der Waals surface area contributed by atoms with E-state index >= 15 is 0 Å².